The Morgan fingerprint density at radius 1 is 0.590 bits per heavy atom. The number of rotatable bonds is 14. The summed E-state index contributed by atoms with van der Waals surface area (Å²) >= 11 is 0. The van der Waals surface area contributed by atoms with E-state index in [9.17, 15) is 0 Å². The Morgan fingerprint density at radius 2 is 0.949 bits per heavy atom. The number of fused-ring (bicyclic) bond motifs is 2. The largest absolute Gasteiger partial charge is 0.491 e. The highest BCUT2D eigenvalue weighted by Crippen LogP contribution is 2.28. The fourth-order valence-corrected chi connectivity index (χ4v) is 4.71. The SMILES string of the molecule is CC(CCCC(C)Oc1ccc2cc(OCC3CO3)ccc2c1)Oc1ccc2cc(OCC3CO3)ccc2c1. The minimum atomic E-state index is 0.124. The first-order valence-electron chi connectivity index (χ1n) is 14.0. The third-order valence-corrected chi connectivity index (χ3v) is 7.14. The van der Waals surface area contributed by atoms with Gasteiger partial charge < -0.3 is 28.4 Å². The summed E-state index contributed by atoms with van der Waals surface area (Å²) in [7, 11) is 0. The maximum Gasteiger partial charge on any atom is 0.120 e. The van der Waals surface area contributed by atoms with Gasteiger partial charge in [-0.3, -0.25) is 0 Å². The van der Waals surface area contributed by atoms with Gasteiger partial charge in [0.05, 0.1) is 25.4 Å². The maximum atomic E-state index is 6.23. The highest BCUT2D eigenvalue weighted by atomic mass is 16.6. The van der Waals surface area contributed by atoms with E-state index in [1.807, 2.05) is 24.3 Å². The lowest BCUT2D eigenvalue weighted by Gasteiger charge is -2.18. The van der Waals surface area contributed by atoms with Gasteiger partial charge in [-0.05, 0) is 103 Å². The molecular formula is C33H36O6. The molecular weight excluding hydrogens is 492 g/mol. The first-order chi connectivity index (χ1) is 19.1. The lowest BCUT2D eigenvalue weighted by atomic mass is 10.1. The predicted molar refractivity (Wildman–Crippen MR) is 152 cm³/mol. The van der Waals surface area contributed by atoms with E-state index in [4.69, 9.17) is 28.4 Å². The molecule has 2 aliphatic heterocycles. The van der Waals surface area contributed by atoms with Crippen LogP contribution in [-0.4, -0.2) is 50.8 Å². The fraction of sp³-hybridized carbons (Fsp3) is 0.394. The van der Waals surface area contributed by atoms with Crippen LogP contribution in [0.4, 0.5) is 0 Å². The minimum absolute atomic E-state index is 0.124. The first kappa shape index (κ1) is 25.8. The van der Waals surface area contributed by atoms with Crippen LogP contribution < -0.4 is 18.9 Å². The number of hydrogen-bond donors (Lipinski definition) is 0. The molecule has 2 heterocycles. The van der Waals surface area contributed by atoms with E-state index in [-0.39, 0.29) is 24.4 Å². The molecule has 4 aromatic carbocycles. The lowest BCUT2D eigenvalue weighted by Crippen LogP contribution is -2.15. The molecule has 6 nitrogen and oxygen atoms in total. The summed E-state index contributed by atoms with van der Waals surface area (Å²) in [5.74, 6) is 3.53. The molecule has 0 amide bonds. The Morgan fingerprint density at radius 3 is 1.33 bits per heavy atom. The van der Waals surface area contributed by atoms with Gasteiger partial charge in [0, 0.05) is 0 Å². The number of hydrogen-bond acceptors (Lipinski definition) is 6. The minimum Gasteiger partial charge on any atom is -0.491 e. The zero-order valence-electron chi connectivity index (χ0n) is 22.6. The molecule has 6 rings (SSSR count). The van der Waals surface area contributed by atoms with Crippen molar-refractivity contribution >= 4 is 21.5 Å². The summed E-state index contributed by atoms with van der Waals surface area (Å²) < 4.78 is 34.5. The molecule has 0 saturated carbocycles. The smallest absolute Gasteiger partial charge is 0.120 e. The highest BCUT2D eigenvalue weighted by Gasteiger charge is 2.23. The van der Waals surface area contributed by atoms with E-state index in [1.165, 1.54) is 0 Å². The van der Waals surface area contributed by atoms with Gasteiger partial charge in [-0.2, -0.15) is 0 Å². The van der Waals surface area contributed by atoms with Crippen molar-refractivity contribution in [3.63, 3.8) is 0 Å². The Balaban J connectivity index is 0.944. The summed E-state index contributed by atoms with van der Waals surface area (Å²) in [4.78, 5) is 0. The molecule has 6 heteroatoms. The summed E-state index contributed by atoms with van der Waals surface area (Å²) in [5, 5.41) is 4.56. The average molecular weight is 529 g/mol. The van der Waals surface area contributed by atoms with Crippen LogP contribution in [0.1, 0.15) is 33.1 Å². The van der Waals surface area contributed by atoms with Gasteiger partial charge in [-0.15, -0.1) is 0 Å². The van der Waals surface area contributed by atoms with Gasteiger partial charge in [0.1, 0.15) is 48.4 Å². The molecule has 2 fully saturated rings. The summed E-state index contributed by atoms with van der Waals surface area (Å²) in [5.41, 5.74) is 0. The second kappa shape index (κ2) is 11.7. The fourth-order valence-electron chi connectivity index (χ4n) is 4.71. The summed E-state index contributed by atoms with van der Waals surface area (Å²) in [6.07, 6.45) is 3.73. The van der Waals surface area contributed by atoms with Crippen molar-refractivity contribution < 1.29 is 28.4 Å². The third-order valence-electron chi connectivity index (χ3n) is 7.14. The lowest BCUT2D eigenvalue weighted by molar-refractivity contribution is 0.179. The van der Waals surface area contributed by atoms with E-state index in [0.717, 1.165) is 77.0 Å². The van der Waals surface area contributed by atoms with Gasteiger partial charge in [-0.25, -0.2) is 0 Å². The molecule has 4 atom stereocenters. The molecule has 0 N–H and O–H groups in total. The first-order valence-corrected chi connectivity index (χ1v) is 14.0. The standard InChI is InChI=1S/C33H36O6/c1-22(38-30-12-8-24-14-28(10-6-26(24)16-30)34-18-32-20-36-32)4-3-5-23(2)39-31-13-9-25-15-29(11-7-27(25)17-31)35-19-33-21-37-33/h6-17,22-23,32-33H,3-5,18-21H2,1-2H3. The van der Waals surface area contributed by atoms with E-state index >= 15 is 0 Å². The van der Waals surface area contributed by atoms with Gasteiger partial charge in [-0.1, -0.05) is 24.3 Å². The molecule has 0 aliphatic carbocycles. The van der Waals surface area contributed by atoms with Crippen LogP contribution >= 0.6 is 0 Å². The van der Waals surface area contributed by atoms with Gasteiger partial charge in [0.25, 0.3) is 0 Å². The summed E-state index contributed by atoms with van der Waals surface area (Å²) in [6, 6.07) is 24.8. The van der Waals surface area contributed by atoms with Gasteiger partial charge in [0.2, 0.25) is 0 Å². The van der Waals surface area contributed by atoms with E-state index in [1.54, 1.807) is 0 Å². The van der Waals surface area contributed by atoms with E-state index in [2.05, 4.69) is 62.4 Å². The zero-order chi connectivity index (χ0) is 26.6. The third kappa shape index (κ3) is 7.34. The van der Waals surface area contributed by atoms with E-state index in [0.29, 0.717) is 13.2 Å². The molecule has 0 aromatic heterocycles. The number of epoxide rings is 2. The van der Waals surface area contributed by atoms with Crippen molar-refractivity contribution in [1.29, 1.82) is 0 Å². The van der Waals surface area contributed by atoms with Crippen LogP contribution in [0.25, 0.3) is 21.5 Å². The zero-order valence-corrected chi connectivity index (χ0v) is 22.6. The van der Waals surface area contributed by atoms with Gasteiger partial charge in [0.15, 0.2) is 0 Å². The Hall–Kier alpha value is -3.48. The van der Waals surface area contributed by atoms with Crippen LogP contribution in [0.3, 0.4) is 0 Å². The normalized spacial score (nSPS) is 19.4. The quantitative estimate of drug-likeness (QED) is 0.165. The number of benzene rings is 4. The molecule has 0 radical (unpaired) electrons. The molecule has 0 spiro atoms. The van der Waals surface area contributed by atoms with Crippen molar-refractivity contribution in [1.82, 2.24) is 0 Å². The molecule has 39 heavy (non-hydrogen) atoms. The summed E-state index contributed by atoms with van der Waals surface area (Å²) in [6.45, 7) is 7.10. The monoisotopic (exact) mass is 528 g/mol. The van der Waals surface area contributed by atoms with Crippen LogP contribution in [0, 0.1) is 0 Å². The molecule has 0 bridgehead atoms. The van der Waals surface area contributed by atoms with Crippen LogP contribution in [-0.2, 0) is 9.47 Å². The Bertz CT molecular complexity index is 1300. The van der Waals surface area contributed by atoms with Crippen molar-refractivity contribution in [2.24, 2.45) is 0 Å². The van der Waals surface area contributed by atoms with Crippen molar-refractivity contribution in [3.8, 4) is 23.0 Å². The predicted octanol–water partition coefficient (Wildman–Crippen LogP) is 6.95. The Kier molecular flexibility index (Phi) is 7.75. The van der Waals surface area contributed by atoms with Crippen molar-refractivity contribution in [2.75, 3.05) is 26.4 Å². The highest BCUT2D eigenvalue weighted by molar-refractivity contribution is 5.86. The van der Waals surface area contributed by atoms with Gasteiger partial charge >= 0.3 is 0 Å². The maximum absolute atomic E-state index is 6.23. The van der Waals surface area contributed by atoms with Crippen LogP contribution in [0.2, 0.25) is 0 Å². The molecule has 4 unspecified atom stereocenters. The second-order valence-corrected chi connectivity index (χ2v) is 10.7. The topological polar surface area (TPSA) is 62.0 Å². The van der Waals surface area contributed by atoms with E-state index < -0.39 is 0 Å². The number of ether oxygens (including phenoxy) is 6. The molecule has 2 aliphatic rings. The van der Waals surface area contributed by atoms with Crippen LogP contribution in [0.5, 0.6) is 23.0 Å². The molecule has 4 aromatic rings. The molecule has 2 saturated heterocycles. The van der Waals surface area contributed by atoms with Crippen molar-refractivity contribution in [3.05, 3.63) is 72.8 Å². The average Bonchev–Trinajstić information content (AvgIpc) is 3.86. The molecule has 204 valence electrons. The second-order valence-electron chi connectivity index (χ2n) is 10.7. The van der Waals surface area contributed by atoms with Crippen LogP contribution in [0.15, 0.2) is 72.8 Å². The van der Waals surface area contributed by atoms with Crippen molar-refractivity contribution in [2.45, 2.75) is 57.5 Å². The Labute approximate surface area is 229 Å².